The summed E-state index contributed by atoms with van der Waals surface area (Å²) in [6, 6.07) is 7.52. The fraction of sp³-hybridized carbons (Fsp3) is 0.615. The van der Waals surface area contributed by atoms with Crippen LogP contribution >= 0.6 is 0 Å². The minimum absolute atomic E-state index is 0. The predicted octanol–water partition coefficient (Wildman–Crippen LogP) is 3.13. The first-order chi connectivity index (χ1) is 15.0. The molecular formula is C26H37N3O3. The lowest BCUT2D eigenvalue weighted by Crippen LogP contribution is -2.44. The molecule has 0 spiro atoms. The Morgan fingerprint density at radius 1 is 0.906 bits per heavy atom. The number of piperidine rings is 1. The van der Waals surface area contributed by atoms with E-state index in [0.717, 1.165) is 43.0 Å². The molecule has 32 heavy (non-hydrogen) atoms. The van der Waals surface area contributed by atoms with Crippen LogP contribution in [0, 0.1) is 18.8 Å². The minimum Gasteiger partial charge on any atom is -0.392 e. The maximum Gasteiger partial charge on any atom is 0.251 e. The predicted molar refractivity (Wildman–Crippen MR) is 127 cm³/mol. The van der Waals surface area contributed by atoms with Crippen LogP contribution in [0.4, 0.5) is 0 Å². The van der Waals surface area contributed by atoms with E-state index in [1.807, 2.05) is 22.1 Å². The second kappa shape index (κ2) is 9.36. The topological polar surface area (TPSA) is 76.3 Å². The zero-order chi connectivity index (χ0) is 21.5. The van der Waals surface area contributed by atoms with Gasteiger partial charge < -0.3 is 19.6 Å². The lowest BCUT2D eigenvalue weighted by molar-refractivity contribution is 0.238. The molecule has 2 fully saturated rings. The van der Waals surface area contributed by atoms with E-state index in [-0.39, 0.29) is 25.2 Å². The van der Waals surface area contributed by atoms with Gasteiger partial charge in [-0.2, -0.15) is 0 Å². The van der Waals surface area contributed by atoms with Gasteiger partial charge in [-0.1, -0.05) is 13.8 Å². The highest BCUT2D eigenvalue weighted by molar-refractivity contribution is 5.23. The molecule has 2 aromatic rings. The Morgan fingerprint density at radius 2 is 1.59 bits per heavy atom. The van der Waals surface area contributed by atoms with Gasteiger partial charge in [0.25, 0.3) is 11.1 Å². The van der Waals surface area contributed by atoms with Gasteiger partial charge in [-0.25, -0.2) is 0 Å². The molecule has 1 saturated heterocycles. The highest BCUT2D eigenvalue weighted by atomic mass is 16.3. The van der Waals surface area contributed by atoms with E-state index in [1.165, 1.54) is 37.8 Å². The van der Waals surface area contributed by atoms with Gasteiger partial charge in [0.05, 0.1) is 6.61 Å². The van der Waals surface area contributed by atoms with Crippen molar-refractivity contribution in [2.24, 2.45) is 11.8 Å². The first kappa shape index (κ1) is 23.0. The Bertz CT molecular complexity index is 1090. The second-order valence-electron chi connectivity index (χ2n) is 9.99. The van der Waals surface area contributed by atoms with Crippen LogP contribution in [0.5, 0.6) is 0 Å². The number of rotatable bonds is 1. The zero-order valence-corrected chi connectivity index (χ0v) is 18.3. The fourth-order valence-electron chi connectivity index (χ4n) is 6.22. The number of aromatic nitrogens is 2. The summed E-state index contributed by atoms with van der Waals surface area (Å²) in [4.78, 5) is 23.8. The van der Waals surface area contributed by atoms with E-state index < -0.39 is 0 Å². The summed E-state index contributed by atoms with van der Waals surface area (Å²) in [6.07, 6.45) is 6.23. The van der Waals surface area contributed by atoms with Crippen LogP contribution in [-0.4, -0.2) is 27.3 Å². The van der Waals surface area contributed by atoms with Gasteiger partial charge in [0, 0.05) is 49.1 Å². The smallest absolute Gasteiger partial charge is 0.251 e. The van der Waals surface area contributed by atoms with Gasteiger partial charge in [-0.05, 0) is 80.2 Å². The van der Waals surface area contributed by atoms with Crippen molar-refractivity contribution in [3.63, 3.8) is 0 Å². The summed E-state index contributed by atoms with van der Waals surface area (Å²) in [7, 11) is 0. The second-order valence-corrected chi connectivity index (χ2v) is 9.99. The molecule has 6 nitrogen and oxygen atoms in total. The van der Waals surface area contributed by atoms with E-state index in [9.17, 15) is 9.59 Å². The molecule has 5 heterocycles. The van der Waals surface area contributed by atoms with Crippen LogP contribution in [0.1, 0.15) is 73.9 Å². The average Bonchev–Trinajstić information content (AvgIpc) is 2.76. The van der Waals surface area contributed by atoms with Crippen LogP contribution in [0.3, 0.4) is 0 Å². The van der Waals surface area contributed by atoms with Crippen molar-refractivity contribution in [1.82, 2.24) is 14.5 Å². The summed E-state index contributed by atoms with van der Waals surface area (Å²) in [5.74, 6) is 2.44. The van der Waals surface area contributed by atoms with Crippen LogP contribution in [-0.2, 0) is 19.7 Å². The van der Waals surface area contributed by atoms with E-state index >= 15 is 0 Å². The van der Waals surface area contributed by atoms with Gasteiger partial charge in [-0.3, -0.25) is 9.59 Å². The van der Waals surface area contributed by atoms with E-state index in [4.69, 9.17) is 5.11 Å². The van der Waals surface area contributed by atoms with Crippen molar-refractivity contribution < 1.29 is 5.11 Å². The van der Waals surface area contributed by atoms with Crippen LogP contribution < -0.4 is 16.4 Å². The van der Waals surface area contributed by atoms with Crippen molar-refractivity contribution in [2.45, 2.75) is 78.0 Å². The first-order valence-corrected chi connectivity index (χ1v) is 11.8. The van der Waals surface area contributed by atoms with E-state index in [0.29, 0.717) is 23.7 Å². The van der Waals surface area contributed by atoms with Gasteiger partial charge in [-0.15, -0.1) is 0 Å². The molecule has 2 aromatic heterocycles. The molecule has 0 amide bonds. The van der Waals surface area contributed by atoms with E-state index in [1.54, 1.807) is 12.1 Å². The molecular weight excluding hydrogens is 402 g/mol. The first-order valence-electron chi connectivity index (χ1n) is 11.8. The fourth-order valence-corrected chi connectivity index (χ4v) is 6.22. The van der Waals surface area contributed by atoms with Gasteiger partial charge >= 0.3 is 0 Å². The largest absolute Gasteiger partial charge is 0.392 e. The minimum atomic E-state index is -0.0285. The maximum absolute atomic E-state index is 11.9. The molecule has 1 saturated carbocycles. The summed E-state index contributed by atoms with van der Waals surface area (Å²) in [5, 5.41) is 12.6. The molecule has 4 atom stereocenters. The normalized spacial score (nSPS) is 27.2. The highest BCUT2D eigenvalue weighted by Gasteiger charge is 2.31. The Kier molecular flexibility index (Phi) is 6.72. The lowest BCUT2D eigenvalue weighted by Gasteiger charge is -2.37. The molecule has 1 aliphatic carbocycles. The van der Waals surface area contributed by atoms with Crippen molar-refractivity contribution in [3.05, 3.63) is 67.5 Å². The number of aliphatic hydroxyl groups excluding tert-OH is 1. The molecule has 6 rings (SSSR count). The molecule has 2 N–H and O–H groups in total. The number of hydrogen-bond acceptors (Lipinski definition) is 4. The van der Waals surface area contributed by atoms with Crippen LogP contribution in [0.2, 0.25) is 0 Å². The third-order valence-corrected chi connectivity index (χ3v) is 7.65. The van der Waals surface area contributed by atoms with Gasteiger partial charge in [0.2, 0.25) is 0 Å². The highest BCUT2D eigenvalue weighted by Crippen LogP contribution is 2.40. The molecule has 0 aromatic carbocycles. The average molecular weight is 440 g/mol. The number of fused-ring (bicyclic) bond motifs is 8. The number of nitrogens with one attached hydrogen (secondary N) is 1. The Morgan fingerprint density at radius 3 is 2.38 bits per heavy atom. The van der Waals surface area contributed by atoms with Gasteiger partial charge in [0.15, 0.2) is 0 Å². The van der Waals surface area contributed by atoms with Crippen LogP contribution in [0.25, 0.3) is 0 Å². The number of aryl methyl sites for hydroxylation is 1. The molecule has 4 unspecified atom stereocenters. The molecule has 6 heteroatoms. The summed E-state index contributed by atoms with van der Waals surface area (Å²) >= 11 is 0. The summed E-state index contributed by atoms with van der Waals surface area (Å²) in [6.45, 7) is 5.85. The summed E-state index contributed by atoms with van der Waals surface area (Å²) < 4.78 is 3.91. The Balaban J connectivity index is 0.000000149. The number of nitrogens with zero attached hydrogens (tertiary/aromatic N) is 2. The molecule has 0 radical (unpaired) electrons. The van der Waals surface area contributed by atoms with Gasteiger partial charge in [0.1, 0.15) is 0 Å². The quantitative estimate of drug-likeness (QED) is 0.716. The van der Waals surface area contributed by atoms with Crippen molar-refractivity contribution in [2.75, 3.05) is 13.1 Å². The third-order valence-electron chi connectivity index (χ3n) is 7.65. The summed E-state index contributed by atoms with van der Waals surface area (Å²) in [5.41, 5.74) is 4.51. The van der Waals surface area contributed by atoms with Crippen molar-refractivity contribution >= 4 is 0 Å². The lowest BCUT2D eigenvalue weighted by atomic mass is 9.76. The molecule has 4 bridgehead atoms. The third kappa shape index (κ3) is 4.35. The monoisotopic (exact) mass is 439 g/mol. The van der Waals surface area contributed by atoms with Crippen molar-refractivity contribution in [3.8, 4) is 0 Å². The SMILES string of the molecule is C.Cc1cc2n(c(=O)c1)CC1CNCC2C1.O=c1cc(CO)cc2n1CC1CCCC2C1. The molecule has 4 aliphatic rings. The molecule has 3 aliphatic heterocycles. The molecule has 174 valence electrons. The Hall–Kier alpha value is -2.18. The van der Waals surface area contributed by atoms with Crippen LogP contribution in [0.15, 0.2) is 33.9 Å². The standard InChI is InChI=1S/C13H17NO2.C12H16N2O.CH4/c15-8-10-5-12-11-3-1-2-9(4-11)7-14(12)13(16)6-10;1-8-2-11-10-4-9(5-13-6-10)7-14(11)12(15)3-8;/h5-6,9,11,15H,1-4,7-8H2;2-3,9-10,13H,4-7H2,1H3;1H4. The van der Waals surface area contributed by atoms with E-state index in [2.05, 4.69) is 11.4 Å². The number of hydrogen-bond donors (Lipinski definition) is 2. The zero-order valence-electron chi connectivity index (χ0n) is 18.3. The number of pyridine rings is 2. The Labute approximate surface area is 190 Å². The van der Waals surface area contributed by atoms with Crippen molar-refractivity contribution in [1.29, 1.82) is 0 Å². The number of aliphatic hydroxyl groups is 1. The maximum atomic E-state index is 11.9.